The molecule has 0 bridgehead atoms. The Bertz CT molecular complexity index is 444. The molecule has 0 spiro atoms. The first-order valence-corrected chi connectivity index (χ1v) is 7.06. The fourth-order valence-corrected chi connectivity index (χ4v) is 2.38. The molecule has 6 heteroatoms. The first-order valence-electron chi connectivity index (χ1n) is 7.06. The number of ether oxygens (including phenoxy) is 1. The molecule has 0 aliphatic heterocycles. The number of hydrogen-bond donors (Lipinski definition) is 2. The van der Waals surface area contributed by atoms with Gasteiger partial charge in [-0.25, -0.2) is 0 Å². The number of nitrogens with two attached hydrogens (primary N) is 1. The molecule has 0 radical (unpaired) electrons. The summed E-state index contributed by atoms with van der Waals surface area (Å²) in [6, 6.07) is 0.795. The van der Waals surface area contributed by atoms with Crippen LogP contribution in [0.5, 0.6) is 6.01 Å². The van der Waals surface area contributed by atoms with Gasteiger partial charge in [0.05, 0.1) is 6.10 Å². The van der Waals surface area contributed by atoms with Crippen LogP contribution in [-0.2, 0) is 0 Å². The second kappa shape index (κ2) is 4.83. The van der Waals surface area contributed by atoms with Crippen LogP contribution in [-0.4, -0.2) is 27.1 Å². The van der Waals surface area contributed by atoms with Gasteiger partial charge in [-0.2, -0.15) is 15.0 Å². The van der Waals surface area contributed by atoms with Gasteiger partial charge in [0.15, 0.2) is 0 Å². The van der Waals surface area contributed by atoms with Crippen LogP contribution in [0, 0.1) is 11.8 Å². The van der Waals surface area contributed by atoms with Crippen molar-refractivity contribution in [2.24, 2.45) is 11.8 Å². The third kappa shape index (κ3) is 3.24. The second-order valence-electron chi connectivity index (χ2n) is 5.81. The summed E-state index contributed by atoms with van der Waals surface area (Å²) < 4.78 is 5.49. The summed E-state index contributed by atoms with van der Waals surface area (Å²) in [6.45, 7) is 3.87. The number of rotatable bonds is 6. The lowest BCUT2D eigenvalue weighted by Crippen LogP contribution is -2.26. The van der Waals surface area contributed by atoms with Gasteiger partial charge in [-0.05, 0) is 51.4 Å². The first-order chi connectivity index (χ1) is 9.11. The van der Waals surface area contributed by atoms with Crippen molar-refractivity contribution < 1.29 is 4.74 Å². The van der Waals surface area contributed by atoms with E-state index in [1.165, 1.54) is 25.7 Å². The number of nitrogen functional groups attached to an aromatic ring is 1. The Morgan fingerprint density at radius 3 is 2.26 bits per heavy atom. The quantitative estimate of drug-likeness (QED) is 0.814. The fraction of sp³-hybridized carbons (Fsp3) is 0.769. The molecule has 3 rings (SSSR count). The summed E-state index contributed by atoms with van der Waals surface area (Å²) in [5.74, 6) is 2.31. The number of hydrogen-bond acceptors (Lipinski definition) is 6. The smallest absolute Gasteiger partial charge is 0.323 e. The molecule has 2 aliphatic rings. The van der Waals surface area contributed by atoms with Crippen LogP contribution < -0.4 is 15.8 Å². The maximum Gasteiger partial charge on any atom is 0.323 e. The largest absolute Gasteiger partial charge is 0.461 e. The van der Waals surface area contributed by atoms with Gasteiger partial charge in [0.2, 0.25) is 11.9 Å². The van der Waals surface area contributed by atoms with E-state index in [4.69, 9.17) is 10.5 Å². The van der Waals surface area contributed by atoms with Crippen molar-refractivity contribution >= 4 is 11.9 Å². The highest BCUT2D eigenvalue weighted by Crippen LogP contribution is 2.45. The van der Waals surface area contributed by atoms with E-state index >= 15 is 0 Å². The molecule has 0 saturated heterocycles. The van der Waals surface area contributed by atoms with Crippen LogP contribution in [0.15, 0.2) is 0 Å². The molecule has 2 aliphatic carbocycles. The normalized spacial score (nSPS) is 18.9. The monoisotopic (exact) mass is 263 g/mol. The maximum atomic E-state index is 5.71. The van der Waals surface area contributed by atoms with Gasteiger partial charge in [0, 0.05) is 6.04 Å². The SMILES string of the molecule is CC(C)Oc1nc(N)nc(NC(C2CC2)C2CC2)n1. The Balaban J connectivity index is 1.73. The minimum atomic E-state index is 0.0253. The van der Waals surface area contributed by atoms with Crippen molar-refractivity contribution in [1.82, 2.24) is 15.0 Å². The van der Waals surface area contributed by atoms with Crippen molar-refractivity contribution in [2.75, 3.05) is 11.1 Å². The standard InChI is InChI=1S/C13H21N5O/c1-7(2)19-13-17-11(14)16-12(18-13)15-10(8-3-4-8)9-5-6-9/h7-10H,3-6H2,1-2H3,(H3,14,15,16,17,18). The molecule has 1 aromatic heterocycles. The maximum absolute atomic E-state index is 5.71. The summed E-state index contributed by atoms with van der Waals surface area (Å²) in [6.07, 6.45) is 5.26. The van der Waals surface area contributed by atoms with E-state index in [2.05, 4.69) is 20.3 Å². The Hall–Kier alpha value is -1.59. The molecule has 2 fully saturated rings. The Labute approximate surface area is 113 Å². The van der Waals surface area contributed by atoms with Gasteiger partial charge in [-0.15, -0.1) is 0 Å². The lowest BCUT2D eigenvalue weighted by Gasteiger charge is -2.18. The Morgan fingerprint density at radius 1 is 1.11 bits per heavy atom. The predicted molar refractivity (Wildman–Crippen MR) is 72.9 cm³/mol. The number of nitrogens with one attached hydrogen (secondary N) is 1. The average molecular weight is 263 g/mol. The van der Waals surface area contributed by atoms with Gasteiger partial charge in [-0.3, -0.25) is 0 Å². The highest BCUT2D eigenvalue weighted by molar-refractivity contribution is 5.35. The van der Waals surface area contributed by atoms with Crippen molar-refractivity contribution in [3.05, 3.63) is 0 Å². The molecular formula is C13H21N5O. The van der Waals surface area contributed by atoms with Crippen molar-refractivity contribution in [1.29, 1.82) is 0 Å². The molecule has 6 nitrogen and oxygen atoms in total. The summed E-state index contributed by atoms with van der Waals surface area (Å²) in [5, 5.41) is 3.44. The van der Waals surface area contributed by atoms with Crippen LogP contribution in [0.4, 0.5) is 11.9 Å². The van der Waals surface area contributed by atoms with Gasteiger partial charge in [-0.1, -0.05) is 0 Å². The van der Waals surface area contributed by atoms with Crippen LogP contribution in [0.3, 0.4) is 0 Å². The van der Waals surface area contributed by atoms with Crippen LogP contribution in [0.1, 0.15) is 39.5 Å². The number of nitrogens with zero attached hydrogens (tertiary/aromatic N) is 3. The molecule has 2 saturated carbocycles. The van der Waals surface area contributed by atoms with Gasteiger partial charge >= 0.3 is 6.01 Å². The molecule has 0 unspecified atom stereocenters. The van der Waals surface area contributed by atoms with E-state index in [1.807, 2.05) is 13.8 Å². The summed E-state index contributed by atoms with van der Waals surface area (Å²) in [5.41, 5.74) is 5.71. The third-order valence-electron chi connectivity index (χ3n) is 3.53. The van der Waals surface area contributed by atoms with E-state index in [1.54, 1.807) is 0 Å². The fourth-order valence-electron chi connectivity index (χ4n) is 2.38. The molecule has 3 N–H and O–H groups in total. The molecule has 19 heavy (non-hydrogen) atoms. The summed E-state index contributed by atoms with van der Waals surface area (Å²) in [4.78, 5) is 12.5. The lowest BCUT2D eigenvalue weighted by atomic mass is 10.1. The topological polar surface area (TPSA) is 86.0 Å². The van der Waals surface area contributed by atoms with E-state index in [0.717, 1.165) is 11.8 Å². The predicted octanol–water partition coefficient (Wildman–Crippen LogP) is 1.84. The lowest BCUT2D eigenvalue weighted by molar-refractivity contribution is 0.222. The van der Waals surface area contributed by atoms with E-state index in [0.29, 0.717) is 18.0 Å². The number of aromatic nitrogens is 3. The molecule has 104 valence electrons. The summed E-state index contributed by atoms with van der Waals surface area (Å²) >= 11 is 0. The Kier molecular flexibility index (Phi) is 3.16. The van der Waals surface area contributed by atoms with Crippen LogP contribution >= 0.6 is 0 Å². The zero-order chi connectivity index (χ0) is 13.4. The average Bonchev–Trinajstić information content (AvgIpc) is 3.17. The zero-order valence-electron chi connectivity index (χ0n) is 11.5. The highest BCUT2D eigenvalue weighted by atomic mass is 16.5. The molecule has 1 aromatic rings. The van der Waals surface area contributed by atoms with Gasteiger partial charge < -0.3 is 15.8 Å². The van der Waals surface area contributed by atoms with Gasteiger partial charge in [0.1, 0.15) is 0 Å². The molecule has 0 atom stereocenters. The second-order valence-corrected chi connectivity index (χ2v) is 5.81. The zero-order valence-corrected chi connectivity index (χ0v) is 11.5. The minimum Gasteiger partial charge on any atom is -0.461 e. The molecular weight excluding hydrogens is 242 g/mol. The van der Waals surface area contributed by atoms with Crippen molar-refractivity contribution in [2.45, 2.75) is 51.7 Å². The number of anilines is 2. The Morgan fingerprint density at radius 2 is 1.74 bits per heavy atom. The van der Waals surface area contributed by atoms with Crippen molar-refractivity contribution in [3.63, 3.8) is 0 Å². The first kappa shape index (κ1) is 12.4. The molecule has 0 aromatic carbocycles. The van der Waals surface area contributed by atoms with Crippen molar-refractivity contribution in [3.8, 4) is 6.01 Å². The molecule has 1 heterocycles. The van der Waals surface area contributed by atoms with Gasteiger partial charge in [0.25, 0.3) is 0 Å². The third-order valence-corrected chi connectivity index (χ3v) is 3.53. The summed E-state index contributed by atoms with van der Waals surface area (Å²) in [7, 11) is 0. The molecule has 0 amide bonds. The van der Waals surface area contributed by atoms with Crippen LogP contribution in [0.25, 0.3) is 0 Å². The van der Waals surface area contributed by atoms with E-state index in [9.17, 15) is 0 Å². The van der Waals surface area contributed by atoms with E-state index < -0.39 is 0 Å². The minimum absolute atomic E-state index is 0.0253. The van der Waals surface area contributed by atoms with Crippen LogP contribution in [0.2, 0.25) is 0 Å². The highest BCUT2D eigenvalue weighted by Gasteiger charge is 2.41. The van der Waals surface area contributed by atoms with E-state index in [-0.39, 0.29) is 12.1 Å².